The molecular formula is C26H32N10O3. The Balaban J connectivity index is 1.51. The van der Waals surface area contributed by atoms with E-state index in [2.05, 4.69) is 38.2 Å². The number of nitrogens with one attached hydrogen (secondary N) is 1. The van der Waals surface area contributed by atoms with Crippen molar-refractivity contribution in [2.75, 3.05) is 44.0 Å². The molecule has 5 rings (SSSR count). The van der Waals surface area contributed by atoms with Crippen LogP contribution >= 0.6 is 0 Å². The monoisotopic (exact) mass is 532 g/mol. The number of nitrogen functional groups attached to an aromatic ring is 1. The van der Waals surface area contributed by atoms with Gasteiger partial charge in [-0.2, -0.15) is 0 Å². The van der Waals surface area contributed by atoms with Gasteiger partial charge in [-0.3, -0.25) is 14.9 Å². The Labute approximate surface area is 225 Å². The molecule has 3 aromatic heterocycles. The van der Waals surface area contributed by atoms with Gasteiger partial charge in [-0.05, 0) is 38.6 Å². The number of hydrogen-bond donors (Lipinski definition) is 3. The fourth-order valence-electron chi connectivity index (χ4n) is 4.67. The number of anilines is 2. The van der Waals surface area contributed by atoms with Crippen molar-refractivity contribution in [3.8, 4) is 11.4 Å². The van der Waals surface area contributed by atoms with Gasteiger partial charge in [-0.25, -0.2) is 30.4 Å². The van der Waals surface area contributed by atoms with Crippen molar-refractivity contribution in [2.24, 2.45) is 0 Å². The molecule has 204 valence electrons. The summed E-state index contributed by atoms with van der Waals surface area (Å²) in [4.78, 5) is 39.1. The van der Waals surface area contributed by atoms with Crippen LogP contribution in [0.15, 0.2) is 36.7 Å². The molecule has 13 nitrogen and oxygen atoms in total. The minimum absolute atomic E-state index is 0.0950. The highest BCUT2D eigenvalue weighted by atomic mass is 16.5. The van der Waals surface area contributed by atoms with Crippen LogP contribution in [0.3, 0.4) is 0 Å². The molecule has 4 heterocycles. The van der Waals surface area contributed by atoms with Crippen LogP contribution in [-0.4, -0.2) is 78.9 Å². The molecule has 0 unspecified atom stereocenters. The zero-order chi connectivity index (χ0) is 27.5. The number of benzene rings is 1. The first kappa shape index (κ1) is 26.4. The second-order valence-electron chi connectivity index (χ2n) is 9.77. The minimum atomic E-state index is -0.539. The number of ether oxygens (including phenoxy) is 1. The molecule has 0 saturated carbocycles. The molecule has 39 heavy (non-hydrogen) atoms. The second-order valence-corrected chi connectivity index (χ2v) is 9.77. The van der Waals surface area contributed by atoms with Gasteiger partial charge < -0.3 is 19.9 Å². The smallest absolute Gasteiger partial charge is 0.274 e. The van der Waals surface area contributed by atoms with Crippen LogP contribution in [0.25, 0.3) is 22.6 Å². The highest BCUT2D eigenvalue weighted by Crippen LogP contribution is 2.30. The van der Waals surface area contributed by atoms with Gasteiger partial charge in [0.1, 0.15) is 5.82 Å². The van der Waals surface area contributed by atoms with Gasteiger partial charge in [0, 0.05) is 43.6 Å². The summed E-state index contributed by atoms with van der Waals surface area (Å²) in [5.41, 5.74) is 10.9. The number of hydroxylamine groups is 1. The molecule has 1 fully saturated rings. The van der Waals surface area contributed by atoms with Crippen LogP contribution in [-0.2, 0) is 17.8 Å². The van der Waals surface area contributed by atoms with Gasteiger partial charge in [-0.15, -0.1) is 0 Å². The van der Waals surface area contributed by atoms with Gasteiger partial charge in [0.25, 0.3) is 5.91 Å². The molecule has 1 amide bonds. The highest BCUT2D eigenvalue weighted by molar-refractivity contribution is 5.93. The predicted octanol–water partition coefficient (Wildman–Crippen LogP) is 2.03. The van der Waals surface area contributed by atoms with Gasteiger partial charge in [-0.1, -0.05) is 12.1 Å². The average Bonchev–Trinajstić information content (AvgIpc) is 3.31. The second kappa shape index (κ2) is 11.3. The molecule has 4 aromatic rings. The number of fused-ring (bicyclic) bond motifs is 1. The summed E-state index contributed by atoms with van der Waals surface area (Å²) >= 11 is 0. The fourth-order valence-corrected chi connectivity index (χ4v) is 4.67. The largest absolute Gasteiger partial charge is 0.378 e. The average molecular weight is 533 g/mol. The number of nitrogens with zero attached hydrogens (tertiary/aromatic N) is 8. The first-order chi connectivity index (χ1) is 18.8. The summed E-state index contributed by atoms with van der Waals surface area (Å²) in [6, 6.07) is 7.21. The summed E-state index contributed by atoms with van der Waals surface area (Å²) in [6.07, 6.45) is 3.26. The van der Waals surface area contributed by atoms with E-state index in [1.165, 1.54) is 0 Å². The molecule has 1 aliphatic rings. The number of carbonyl (C=O) groups is 1. The van der Waals surface area contributed by atoms with Crippen LogP contribution < -0.4 is 16.1 Å². The van der Waals surface area contributed by atoms with E-state index in [1.807, 2.05) is 19.2 Å². The van der Waals surface area contributed by atoms with Crippen molar-refractivity contribution < 1.29 is 14.7 Å². The molecule has 1 aromatic carbocycles. The third kappa shape index (κ3) is 5.65. The van der Waals surface area contributed by atoms with Crippen molar-refractivity contribution >= 4 is 28.8 Å². The lowest BCUT2D eigenvalue weighted by atomic mass is 10.1. The van der Waals surface area contributed by atoms with E-state index < -0.39 is 5.91 Å². The van der Waals surface area contributed by atoms with Crippen molar-refractivity contribution in [3.05, 3.63) is 53.6 Å². The number of hydrogen-bond acceptors (Lipinski definition) is 11. The van der Waals surface area contributed by atoms with Crippen molar-refractivity contribution in [1.29, 1.82) is 0 Å². The lowest BCUT2D eigenvalue weighted by Crippen LogP contribution is -2.37. The maximum absolute atomic E-state index is 11.6. The molecule has 0 atom stereocenters. The summed E-state index contributed by atoms with van der Waals surface area (Å²) < 4.78 is 7.73. The summed E-state index contributed by atoms with van der Waals surface area (Å²) in [5, 5.41) is 8.85. The zero-order valence-corrected chi connectivity index (χ0v) is 22.2. The Morgan fingerprint density at radius 3 is 2.44 bits per heavy atom. The number of rotatable bonds is 8. The van der Waals surface area contributed by atoms with E-state index in [1.54, 1.807) is 30.0 Å². The Kier molecular flexibility index (Phi) is 7.63. The number of amides is 1. The van der Waals surface area contributed by atoms with E-state index in [-0.39, 0.29) is 12.0 Å². The number of carbonyl (C=O) groups excluding carboxylic acids is 1. The first-order valence-electron chi connectivity index (χ1n) is 12.8. The lowest BCUT2D eigenvalue weighted by Gasteiger charge is -2.28. The third-order valence-electron chi connectivity index (χ3n) is 6.53. The van der Waals surface area contributed by atoms with Gasteiger partial charge in [0.05, 0.1) is 25.3 Å². The maximum Gasteiger partial charge on any atom is 0.274 e. The van der Waals surface area contributed by atoms with Crippen LogP contribution in [0.5, 0.6) is 0 Å². The molecular weight excluding hydrogens is 500 g/mol. The topological polar surface area (TPSA) is 160 Å². The van der Waals surface area contributed by atoms with Crippen LogP contribution in [0.1, 0.15) is 41.6 Å². The van der Waals surface area contributed by atoms with E-state index in [0.717, 1.165) is 28.4 Å². The summed E-state index contributed by atoms with van der Waals surface area (Å²) in [7, 11) is 2.02. The SMILES string of the molecule is CC(C)n1c(CN(C)Cc2ccc(C(=O)NO)cc2)nc2c(N3CCOCC3)nc(-c3cnc(N)nc3)nc21. The Morgan fingerprint density at radius 1 is 1.10 bits per heavy atom. The molecule has 0 bridgehead atoms. The van der Waals surface area contributed by atoms with Gasteiger partial charge in [0.15, 0.2) is 22.8 Å². The normalized spacial score (nSPS) is 13.9. The molecule has 1 aliphatic heterocycles. The summed E-state index contributed by atoms with van der Waals surface area (Å²) in [6.45, 7) is 8.07. The molecule has 4 N–H and O–H groups in total. The van der Waals surface area contributed by atoms with E-state index in [9.17, 15) is 4.79 Å². The summed E-state index contributed by atoms with van der Waals surface area (Å²) in [5.74, 6) is 1.79. The van der Waals surface area contributed by atoms with E-state index >= 15 is 0 Å². The minimum Gasteiger partial charge on any atom is -0.378 e. The zero-order valence-electron chi connectivity index (χ0n) is 22.2. The van der Waals surface area contributed by atoms with E-state index in [0.29, 0.717) is 56.3 Å². The maximum atomic E-state index is 11.6. The van der Waals surface area contributed by atoms with Crippen LogP contribution in [0.2, 0.25) is 0 Å². The number of morpholine rings is 1. The van der Waals surface area contributed by atoms with Crippen LogP contribution in [0, 0.1) is 0 Å². The molecule has 13 heteroatoms. The Bertz CT molecular complexity index is 1450. The Hall–Kier alpha value is -4.20. The predicted molar refractivity (Wildman–Crippen MR) is 145 cm³/mol. The third-order valence-corrected chi connectivity index (χ3v) is 6.53. The van der Waals surface area contributed by atoms with Crippen LogP contribution in [0.4, 0.5) is 11.8 Å². The highest BCUT2D eigenvalue weighted by Gasteiger charge is 2.25. The van der Waals surface area contributed by atoms with Crippen molar-refractivity contribution in [1.82, 2.24) is 39.9 Å². The quantitative estimate of drug-likeness (QED) is 0.225. The lowest BCUT2D eigenvalue weighted by molar-refractivity contribution is 0.0706. The molecule has 1 saturated heterocycles. The fraction of sp³-hybridized carbons (Fsp3) is 0.385. The number of imidazole rings is 1. The molecule has 0 spiro atoms. The van der Waals surface area contributed by atoms with Gasteiger partial charge in [0.2, 0.25) is 5.95 Å². The van der Waals surface area contributed by atoms with Crippen molar-refractivity contribution in [3.63, 3.8) is 0 Å². The standard InChI is InChI=1S/C26H32N10O3/c1-16(2)36-20(15-34(3)14-17-4-6-18(7-5-17)25(37)33-38)30-21-23(35-8-10-39-11-9-35)31-22(32-24(21)36)19-12-28-26(27)29-13-19/h4-7,12-13,16,38H,8-11,14-15H2,1-3H3,(H,33,37)(H2,27,28,29). The first-order valence-corrected chi connectivity index (χ1v) is 12.8. The molecule has 0 radical (unpaired) electrons. The molecule has 0 aliphatic carbocycles. The Morgan fingerprint density at radius 2 is 1.79 bits per heavy atom. The number of aromatic nitrogens is 6. The van der Waals surface area contributed by atoms with Crippen molar-refractivity contribution in [2.45, 2.75) is 33.0 Å². The van der Waals surface area contributed by atoms with E-state index in [4.69, 9.17) is 30.6 Å². The number of nitrogens with two attached hydrogens (primary N) is 1. The van der Waals surface area contributed by atoms with Gasteiger partial charge >= 0.3 is 0 Å².